The minimum Gasteiger partial charge on any atom is -0.469 e. The number of nitrogens with one attached hydrogen (secondary N) is 1. The summed E-state index contributed by atoms with van der Waals surface area (Å²) in [5, 5.41) is 3.66. The van der Waals surface area contributed by atoms with Crippen molar-refractivity contribution in [2.75, 3.05) is 19.6 Å². The van der Waals surface area contributed by atoms with E-state index in [1.54, 1.807) is 6.26 Å². The lowest BCUT2D eigenvalue weighted by molar-refractivity contribution is 0.309. The van der Waals surface area contributed by atoms with Crippen LogP contribution in [-0.4, -0.2) is 36.6 Å². The van der Waals surface area contributed by atoms with E-state index in [0.717, 1.165) is 30.7 Å². The lowest BCUT2D eigenvalue weighted by Crippen LogP contribution is -2.34. The van der Waals surface area contributed by atoms with Crippen LogP contribution in [0.15, 0.2) is 22.8 Å². The summed E-state index contributed by atoms with van der Waals surface area (Å²) < 4.78 is 5.38. The summed E-state index contributed by atoms with van der Waals surface area (Å²) in [5.41, 5.74) is 0. The Labute approximate surface area is 110 Å². The minimum absolute atomic E-state index is 0.506. The molecule has 1 aliphatic heterocycles. The first-order chi connectivity index (χ1) is 8.81. The molecule has 18 heavy (non-hydrogen) atoms. The summed E-state index contributed by atoms with van der Waals surface area (Å²) in [5.74, 6) is 1.94. The molecule has 2 fully saturated rings. The molecule has 1 aliphatic carbocycles. The SMILES string of the molecule is CC(Cc1ccco1)NCC1CCN(C2CC2)C1. The van der Waals surface area contributed by atoms with Crippen molar-refractivity contribution in [3.63, 3.8) is 0 Å². The Hall–Kier alpha value is -0.800. The van der Waals surface area contributed by atoms with Gasteiger partial charge in [-0.15, -0.1) is 0 Å². The molecule has 0 aromatic carbocycles. The number of hydrogen-bond donors (Lipinski definition) is 1. The highest BCUT2D eigenvalue weighted by Gasteiger charge is 2.34. The molecule has 0 radical (unpaired) electrons. The number of rotatable bonds is 6. The van der Waals surface area contributed by atoms with Crippen molar-refractivity contribution in [3.05, 3.63) is 24.2 Å². The van der Waals surface area contributed by atoms with Crippen LogP contribution in [-0.2, 0) is 6.42 Å². The van der Waals surface area contributed by atoms with Crippen molar-refractivity contribution in [2.24, 2.45) is 5.92 Å². The first-order valence-electron chi connectivity index (χ1n) is 7.31. The van der Waals surface area contributed by atoms with E-state index in [-0.39, 0.29) is 0 Å². The third-order valence-electron chi connectivity index (χ3n) is 4.22. The molecule has 100 valence electrons. The third kappa shape index (κ3) is 3.15. The Kier molecular flexibility index (Phi) is 3.71. The Bertz CT molecular complexity index is 359. The van der Waals surface area contributed by atoms with Crippen molar-refractivity contribution >= 4 is 0 Å². The van der Waals surface area contributed by atoms with Gasteiger partial charge in [0.15, 0.2) is 0 Å². The highest BCUT2D eigenvalue weighted by Crippen LogP contribution is 2.31. The molecule has 1 saturated carbocycles. The number of likely N-dealkylation sites (tertiary alicyclic amines) is 1. The van der Waals surface area contributed by atoms with Gasteiger partial charge in [0.05, 0.1) is 6.26 Å². The molecule has 0 spiro atoms. The van der Waals surface area contributed by atoms with Gasteiger partial charge in [0.2, 0.25) is 0 Å². The van der Waals surface area contributed by atoms with Gasteiger partial charge < -0.3 is 14.6 Å². The topological polar surface area (TPSA) is 28.4 Å². The average molecular weight is 248 g/mol. The second-order valence-electron chi connectivity index (χ2n) is 5.97. The second kappa shape index (κ2) is 5.45. The molecule has 0 amide bonds. The van der Waals surface area contributed by atoms with Gasteiger partial charge in [0.25, 0.3) is 0 Å². The fourth-order valence-electron chi connectivity index (χ4n) is 2.97. The fraction of sp³-hybridized carbons (Fsp3) is 0.733. The Balaban J connectivity index is 1.36. The molecule has 2 heterocycles. The summed E-state index contributed by atoms with van der Waals surface area (Å²) in [6.45, 7) is 6.04. The smallest absolute Gasteiger partial charge is 0.105 e. The lowest BCUT2D eigenvalue weighted by atomic mass is 10.1. The van der Waals surface area contributed by atoms with Crippen LogP contribution in [0.5, 0.6) is 0 Å². The molecule has 3 rings (SSSR count). The van der Waals surface area contributed by atoms with Crippen molar-refractivity contribution in [1.29, 1.82) is 0 Å². The van der Waals surface area contributed by atoms with Crippen molar-refractivity contribution in [3.8, 4) is 0 Å². The van der Waals surface area contributed by atoms with Crippen molar-refractivity contribution in [1.82, 2.24) is 10.2 Å². The van der Waals surface area contributed by atoms with Crippen molar-refractivity contribution in [2.45, 2.75) is 44.7 Å². The molecule has 2 aliphatic rings. The van der Waals surface area contributed by atoms with Crippen LogP contribution in [0.4, 0.5) is 0 Å². The standard InChI is InChI=1S/C15H24N2O/c1-12(9-15-3-2-8-18-15)16-10-13-6-7-17(11-13)14-4-5-14/h2-3,8,12-14,16H,4-7,9-11H2,1H3. The molecule has 0 bridgehead atoms. The van der Waals surface area contributed by atoms with Crippen molar-refractivity contribution < 1.29 is 4.42 Å². The van der Waals surface area contributed by atoms with E-state index in [0.29, 0.717) is 6.04 Å². The molecule has 1 aromatic rings. The molecule has 1 N–H and O–H groups in total. The van der Waals surface area contributed by atoms with E-state index in [1.807, 2.05) is 6.07 Å². The maximum absolute atomic E-state index is 5.38. The zero-order valence-corrected chi connectivity index (χ0v) is 11.3. The van der Waals surface area contributed by atoms with Crippen LogP contribution < -0.4 is 5.32 Å². The predicted molar refractivity (Wildman–Crippen MR) is 72.6 cm³/mol. The number of furan rings is 1. The van der Waals surface area contributed by atoms with Crippen LogP contribution in [0.3, 0.4) is 0 Å². The maximum atomic E-state index is 5.38. The van der Waals surface area contributed by atoms with Gasteiger partial charge in [-0.1, -0.05) is 0 Å². The van der Waals surface area contributed by atoms with Gasteiger partial charge in [0, 0.05) is 25.0 Å². The quantitative estimate of drug-likeness (QED) is 0.837. The molecular weight excluding hydrogens is 224 g/mol. The second-order valence-corrected chi connectivity index (χ2v) is 5.97. The first kappa shape index (κ1) is 12.2. The normalized spacial score (nSPS) is 26.6. The van der Waals surface area contributed by atoms with Gasteiger partial charge in [-0.2, -0.15) is 0 Å². The molecule has 3 nitrogen and oxygen atoms in total. The Morgan fingerprint density at radius 1 is 1.44 bits per heavy atom. The first-order valence-corrected chi connectivity index (χ1v) is 7.31. The molecule has 1 aromatic heterocycles. The minimum atomic E-state index is 0.506. The fourth-order valence-corrected chi connectivity index (χ4v) is 2.97. The zero-order valence-electron chi connectivity index (χ0n) is 11.3. The van der Waals surface area contributed by atoms with Crippen LogP contribution in [0.25, 0.3) is 0 Å². The molecule has 3 heteroatoms. The monoisotopic (exact) mass is 248 g/mol. The largest absolute Gasteiger partial charge is 0.469 e. The van der Waals surface area contributed by atoms with E-state index in [1.165, 1.54) is 32.4 Å². The molecule has 2 unspecified atom stereocenters. The highest BCUT2D eigenvalue weighted by molar-refractivity contribution is 5.00. The molecular formula is C15H24N2O. The van der Waals surface area contributed by atoms with E-state index < -0.39 is 0 Å². The zero-order chi connectivity index (χ0) is 12.4. The van der Waals surface area contributed by atoms with Crippen LogP contribution in [0.1, 0.15) is 31.9 Å². The summed E-state index contributed by atoms with van der Waals surface area (Å²) in [6, 6.07) is 5.47. The van der Waals surface area contributed by atoms with Gasteiger partial charge in [-0.25, -0.2) is 0 Å². The molecule has 2 atom stereocenters. The third-order valence-corrected chi connectivity index (χ3v) is 4.22. The van der Waals surface area contributed by atoms with Crippen LogP contribution >= 0.6 is 0 Å². The average Bonchev–Trinajstić information content (AvgIpc) is 2.90. The Morgan fingerprint density at radius 2 is 2.33 bits per heavy atom. The van der Waals surface area contributed by atoms with E-state index in [4.69, 9.17) is 4.42 Å². The van der Waals surface area contributed by atoms with Gasteiger partial charge in [-0.05, 0) is 57.3 Å². The number of nitrogens with zero attached hydrogens (tertiary/aromatic N) is 1. The van der Waals surface area contributed by atoms with E-state index in [9.17, 15) is 0 Å². The van der Waals surface area contributed by atoms with E-state index in [2.05, 4.69) is 23.2 Å². The maximum Gasteiger partial charge on any atom is 0.105 e. The summed E-state index contributed by atoms with van der Waals surface area (Å²) >= 11 is 0. The van der Waals surface area contributed by atoms with E-state index >= 15 is 0 Å². The lowest BCUT2D eigenvalue weighted by Gasteiger charge is -2.17. The highest BCUT2D eigenvalue weighted by atomic mass is 16.3. The van der Waals surface area contributed by atoms with Gasteiger partial charge in [-0.3, -0.25) is 0 Å². The Morgan fingerprint density at radius 3 is 3.06 bits per heavy atom. The van der Waals surface area contributed by atoms with Crippen LogP contribution in [0, 0.1) is 5.92 Å². The summed E-state index contributed by atoms with van der Waals surface area (Å²) in [4.78, 5) is 2.68. The molecule has 1 saturated heterocycles. The van der Waals surface area contributed by atoms with Crippen LogP contribution in [0.2, 0.25) is 0 Å². The summed E-state index contributed by atoms with van der Waals surface area (Å²) in [7, 11) is 0. The predicted octanol–water partition coefficient (Wildman–Crippen LogP) is 2.28. The summed E-state index contributed by atoms with van der Waals surface area (Å²) in [6.07, 6.45) is 7.00. The van der Waals surface area contributed by atoms with Gasteiger partial charge in [0.1, 0.15) is 5.76 Å². The van der Waals surface area contributed by atoms with Gasteiger partial charge >= 0.3 is 0 Å². The number of hydrogen-bond acceptors (Lipinski definition) is 3.